The van der Waals surface area contributed by atoms with Crippen LogP contribution in [0.4, 0.5) is 5.69 Å². The maximum atomic E-state index is 12.4. The number of benzene rings is 2. The number of anilines is 1. The summed E-state index contributed by atoms with van der Waals surface area (Å²) >= 11 is 0. The van der Waals surface area contributed by atoms with E-state index in [0.29, 0.717) is 16.5 Å². The van der Waals surface area contributed by atoms with Crippen molar-refractivity contribution in [1.82, 2.24) is 4.90 Å². The molecule has 1 aliphatic rings. The largest absolute Gasteiger partial charge is 0.480 e. The van der Waals surface area contributed by atoms with E-state index in [4.69, 9.17) is 5.11 Å². The second kappa shape index (κ2) is 4.59. The molecule has 0 aliphatic carbocycles. The molecule has 6 nitrogen and oxygen atoms in total. The number of hydrogen-bond acceptors (Lipinski definition) is 4. The standard InChI is InChI=1S/C15H12N2O4/c1-16-11-6-5-10-13-8(11)3-2-4-9(13)14(20)17(15(10)21)7-12(18)19/h2-6,16H,7H2,1H3,(H,18,19). The molecule has 0 saturated carbocycles. The summed E-state index contributed by atoms with van der Waals surface area (Å²) in [7, 11) is 1.76. The zero-order valence-corrected chi connectivity index (χ0v) is 11.2. The molecule has 106 valence electrons. The highest BCUT2D eigenvalue weighted by atomic mass is 16.4. The monoisotopic (exact) mass is 284 g/mol. The molecule has 2 aromatic rings. The fourth-order valence-electron chi connectivity index (χ4n) is 2.64. The minimum absolute atomic E-state index is 0.348. The van der Waals surface area contributed by atoms with E-state index in [2.05, 4.69) is 5.32 Å². The molecular formula is C15H12N2O4. The molecule has 1 heterocycles. The van der Waals surface area contributed by atoms with Crippen molar-refractivity contribution < 1.29 is 19.5 Å². The lowest BCUT2D eigenvalue weighted by molar-refractivity contribution is -0.137. The zero-order valence-electron chi connectivity index (χ0n) is 11.2. The predicted molar refractivity (Wildman–Crippen MR) is 76.5 cm³/mol. The normalized spacial score (nSPS) is 13.7. The lowest BCUT2D eigenvalue weighted by Crippen LogP contribution is -2.43. The quantitative estimate of drug-likeness (QED) is 0.835. The first-order valence-corrected chi connectivity index (χ1v) is 6.36. The second-order valence-corrected chi connectivity index (χ2v) is 4.73. The van der Waals surface area contributed by atoms with Gasteiger partial charge in [-0.05, 0) is 18.2 Å². The highest BCUT2D eigenvalue weighted by Crippen LogP contribution is 2.34. The van der Waals surface area contributed by atoms with E-state index in [1.54, 1.807) is 31.3 Å². The van der Waals surface area contributed by atoms with Crippen molar-refractivity contribution in [2.24, 2.45) is 0 Å². The van der Waals surface area contributed by atoms with Crippen LogP contribution in [0.2, 0.25) is 0 Å². The number of imide groups is 1. The smallest absolute Gasteiger partial charge is 0.323 e. The van der Waals surface area contributed by atoms with E-state index in [1.165, 1.54) is 0 Å². The van der Waals surface area contributed by atoms with Gasteiger partial charge in [-0.15, -0.1) is 0 Å². The van der Waals surface area contributed by atoms with Crippen LogP contribution in [0.15, 0.2) is 30.3 Å². The van der Waals surface area contributed by atoms with E-state index < -0.39 is 24.3 Å². The summed E-state index contributed by atoms with van der Waals surface area (Å²) in [5, 5.41) is 13.2. The van der Waals surface area contributed by atoms with Gasteiger partial charge in [-0.2, -0.15) is 0 Å². The first-order valence-electron chi connectivity index (χ1n) is 6.36. The third-order valence-corrected chi connectivity index (χ3v) is 3.55. The van der Waals surface area contributed by atoms with Gasteiger partial charge in [0.05, 0.1) is 0 Å². The van der Waals surface area contributed by atoms with Crippen LogP contribution in [-0.2, 0) is 4.79 Å². The van der Waals surface area contributed by atoms with Crippen LogP contribution in [0, 0.1) is 0 Å². The van der Waals surface area contributed by atoms with Crippen LogP contribution < -0.4 is 5.32 Å². The van der Waals surface area contributed by atoms with Crippen molar-refractivity contribution in [1.29, 1.82) is 0 Å². The van der Waals surface area contributed by atoms with Gasteiger partial charge in [0, 0.05) is 34.6 Å². The van der Waals surface area contributed by atoms with Crippen LogP contribution >= 0.6 is 0 Å². The number of carbonyl (C=O) groups is 3. The van der Waals surface area contributed by atoms with E-state index >= 15 is 0 Å². The summed E-state index contributed by atoms with van der Waals surface area (Å²) in [6, 6.07) is 8.50. The molecule has 3 rings (SSSR count). The van der Waals surface area contributed by atoms with Crippen molar-refractivity contribution in [3.05, 3.63) is 41.5 Å². The number of carboxylic acid groups (broad SMARTS) is 1. The van der Waals surface area contributed by atoms with Crippen LogP contribution in [0.3, 0.4) is 0 Å². The molecular weight excluding hydrogens is 272 g/mol. The number of amides is 2. The minimum atomic E-state index is -1.22. The summed E-state index contributed by atoms with van der Waals surface area (Å²) in [5.74, 6) is -2.37. The number of hydrogen-bond donors (Lipinski definition) is 2. The second-order valence-electron chi connectivity index (χ2n) is 4.73. The third-order valence-electron chi connectivity index (χ3n) is 3.55. The molecule has 0 radical (unpaired) electrons. The number of nitrogens with one attached hydrogen (secondary N) is 1. The highest BCUT2D eigenvalue weighted by Gasteiger charge is 2.34. The van der Waals surface area contributed by atoms with E-state index in [9.17, 15) is 14.4 Å². The van der Waals surface area contributed by atoms with Gasteiger partial charge >= 0.3 is 5.97 Å². The van der Waals surface area contributed by atoms with Crippen molar-refractivity contribution >= 4 is 34.2 Å². The number of aliphatic carboxylic acids is 1. The average molecular weight is 284 g/mol. The van der Waals surface area contributed by atoms with Gasteiger partial charge < -0.3 is 10.4 Å². The Morgan fingerprint density at radius 3 is 2.43 bits per heavy atom. The maximum Gasteiger partial charge on any atom is 0.323 e. The van der Waals surface area contributed by atoms with Crippen molar-refractivity contribution in [2.45, 2.75) is 0 Å². The van der Waals surface area contributed by atoms with Gasteiger partial charge in [-0.3, -0.25) is 19.3 Å². The minimum Gasteiger partial charge on any atom is -0.480 e. The van der Waals surface area contributed by atoms with Crippen LogP contribution in [0.5, 0.6) is 0 Å². The first-order chi connectivity index (χ1) is 10.0. The Labute approximate surface area is 120 Å². The molecule has 0 fully saturated rings. The van der Waals surface area contributed by atoms with Gasteiger partial charge in [0.15, 0.2) is 0 Å². The number of nitrogens with zero attached hydrogens (tertiary/aromatic N) is 1. The Morgan fingerprint density at radius 2 is 1.81 bits per heavy atom. The molecule has 0 atom stereocenters. The molecule has 0 aromatic heterocycles. The summed E-state index contributed by atoms with van der Waals surface area (Å²) in [4.78, 5) is 36.4. The zero-order chi connectivity index (χ0) is 15.1. The topological polar surface area (TPSA) is 86.7 Å². The van der Waals surface area contributed by atoms with Crippen LogP contribution in [0.1, 0.15) is 20.7 Å². The van der Waals surface area contributed by atoms with Gasteiger partial charge in [-0.1, -0.05) is 12.1 Å². The first kappa shape index (κ1) is 13.1. The van der Waals surface area contributed by atoms with Crippen LogP contribution in [-0.4, -0.2) is 41.4 Å². The van der Waals surface area contributed by atoms with Gasteiger partial charge in [0.25, 0.3) is 11.8 Å². The predicted octanol–water partition coefficient (Wildman–Crippen LogP) is 1.56. The summed E-state index contributed by atoms with van der Waals surface area (Å²) < 4.78 is 0. The molecule has 21 heavy (non-hydrogen) atoms. The van der Waals surface area contributed by atoms with E-state index in [-0.39, 0.29) is 0 Å². The molecule has 0 spiro atoms. The Bertz CT molecular complexity index is 775. The SMILES string of the molecule is CNc1ccc2c3c(cccc13)C(=O)N(CC(=O)O)C2=O. The summed E-state index contributed by atoms with van der Waals surface area (Å²) in [5.41, 5.74) is 1.50. The molecule has 2 N–H and O–H groups in total. The highest BCUT2D eigenvalue weighted by molar-refractivity contribution is 6.27. The Morgan fingerprint density at radius 1 is 1.14 bits per heavy atom. The average Bonchev–Trinajstić information content (AvgIpc) is 2.48. The van der Waals surface area contributed by atoms with Gasteiger partial charge in [-0.25, -0.2) is 0 Å². The van der Waals surface area contributed by atoms with Crippen molar-refractivity contribution in [3.63, 3.8) is 0 Å². The Hall–Kier alpha value is -2.89. The molecule has 2 aromatic carbocycles. The van der Waals surface area contributed by atoms with E-state index in [0.717, 1.165) is 16.0 Å². The maximum absolute atomic E-state index is 12.4. The van der Waals surface area contributed by atoms with Gasteiger partial charge in [0.1, 0.15) is 6.54 Å². The number of rotatable bonds is 3. The summed E-state index contributed by atoms with van der Waals surface area (Å²) in [6.45, 7) is -0.638. The van der Waals surface area contributed by atoms with Gasteiger partial charge in [0.2, 0.25) is 0 Å². The Kier molecular flexibility index (Phi) is 2.86. The molecule has 0 saturated heterocycles. The van der Waals surface area contributed by atoms with E-state index in [1.807, 2.05) is 6.07 Å². The lowest BCUT2D eigenvalue weighted by Gasteiger charge is -2.26. The number of carbonyl (C=O) groups excluding carboxylic acids is 2. The van der Waals surface area contributed by atoms with Crippen molar-refractivity contribution in [2.75, 3.05) is 18.9 Å². The molecule has 0 bridgehead atoms. The third kappa shape index (κ3) is 1.84. The fraction of sp³-hybridized carbons (Fsp3) is 0.133. The van der Waals surface area contributed by atoms with Crippen molar-refractivity contribution in [3.8, 4) is 0 Å². The van der Waals surface area contributed by atoms with Crippen LogP contribution in [0.25, 0.3) is 10.8 Å². The molecule has 0 unspecified atom stereocenters. The fourth-order valence-corrected chi connectivity index (χ4v) is 2.64. The number of carboxylic acids is 1. The summed E-state index contributed by atoms with van der Waals surface area (Å²) in [6.07, 6.45) is 0. The molecule has 6 heteroatoms. The molecule has 1 aliphatic heterocycles. The lowest BCUT2D eigenvalue weighted by atomic mass is 9.93. The molecule has 2 amide bonds. The Balaban J connectivity index is 2.30.